The molecule has 2 rings (SSSR count). The smallest absolute Gasteiger partial charge is 0.306 e. The largest absolute Gasteiger partial charge is 0.481 e. The number of fused-ring (bicyclic) bond motifs is 2. The molecule has 0 saturated heterocycles. The van der Waals surface area contributed by atoms with Crippen LogP contribution in [0.5, 0.6) is 0 Å². The van der Waals surface area contributed by atoms with Crippen molar-refractivity contribution in [3.63, 3.8) is 0 Å². The Balaban J connectivity index is 2.13. The van der Waals surface area contributed by atoms with Gasteiger partial charge in [-0.1, -0.05) is 12.2 Å². The van der Waals surface area contributed by atoms with Crippen LogP contribution in [0.4, 0.5) is 0 Å². The van der Waals surface area contributed by atoms with Crippen molar-refractivity contribution < 1.29 is 15.0 Å². The lowest BCUT2D eigenvalue weighted by Crippen LogP contribution is -2.35. The van der Waals surface area contributed by atoms with Crippen molar-refractivity contribution >= 4 is 5.97 Å². The first kappa shape index (κ1) is 7.80. The van der Waals surface area contributed by atoms with Crippen LogP contribution in [-0.2, 0) is 4.79 Å². The summed E-state index contributed by atoms with van der Waals surface area (Å²) in [5, 5.41) is 18.5. The highest BCUT2D eigenvalue weighted by molar-refractivity contribution is 5.68. The van der Waals surface area contributed by atoms with Gasteiger partial charge in [-0.3, -0.25) is 4.79 Å². The van der Waals surface area contributed by atoms with E-state index in [9.17, 15) is 9.90 Å². The summed E-state index contributed by atoms with van der Waals surface area (Å²) in [6.07, 6.45) is 5.49. The van der Waals surface area contributed by atoms with E-state index in [4.69, 9.17) is 5.11 Å². The lowest BCUT2D eigenvalue weighted by molar-refractivity contribution is -0.143. The minimum Gasteiger partial charge on any atom is -0.481 e. The van der Waals surface area contributed by atoms with Crippen LogP contribution in [0.3, 0.4) is 0 Å². The Kier molecular flexibility index (Phi) is 1.51. The van der Waals surface area contributed by atoms with E-state index in [2.05, 4.69) is 6.08 Å². The zero-order valence-corrected chi connectivity index (χ0v) is 6.73. The van der Waals surface area contributed by atoms with Gasteiger partial charge in [-0.25, -0.2) is 0 Å². The maximum absolute atomic E-state index is 10.5. The Morgan fingerprint density at radius 1 is 1.58 bits per heavy atom. The van der Waals surface area contributed by atoms with Crippen molar-refractivity contribution in [1.82, 2.24) is 0 Å². The van der Waals surface area contributed by atoms with Gasteiger partial charge in [-0.15, -0.1) is 0 Å². The first-order valence-corrected chi connectivity index (χ1v) is 4.23. The summed E-state index contributed by atoms with van der Waals surface area (Å²) in [5.41, 5.74) is -0.953. The Morgan fingerprint density at radius 3 is 2.75 bits per heavy atom. The van der Waals surface area contributed by atoms with E-state index in [0.717, 1.165) is 6.42 Å². The molecule has 1 fully saturated rings. The highest BCUT2D eigenvalue weighted by Gasteiger charge is 2.48. The number of rotatable bonds is 2. The van der Waals surface area contributed by atoms with Gasteiger partial charge >= 0.3 is 5.97 Å². The van der Waals surface area contributed by atoms with Crippen LogP contribution in [-0.4, -0.2) is 21.8 Å². The average molecular weight is 168 g/mol. The molecule has 3 atom stereocenters. The molecule has 0 heterocycles. The van der Waals surface area contributed by atoms with E-state index in [0.29, 0.717) is 12.3 Å². The number of hydrogen-bond acceptors (Lipinski definition) is 2. The number of allylic oxidation sites excluding steroid dienone is 1. The van der Waals surface area contributed by atoms with Crippen LogP contribution >= 0.6 is 0 Å². The van der Waals surface area contributed by atoms with E-state index in [1.807, 2.05) is 6.08 Å². The molecule has 1 saturated carbocycles. The van der Waals surface area contributed by atoms with Gasteiger partial charge in [0.25, 0.3) is 0 Å². The standard InChI is InChI=1S/C9H12O3/c10-8(11)5-9(12)4-6-1-2-7(9)3-6/h1-2,6-7,12H,3-5H2,(H,10,11)/t6-,7+,9-/m1/s1. The fourth-order valence-corrected chi connectivity index (χ4v) is 2.39. The van der Waals surface area contributed by atoms with Crippen LogP contribution < -0.4 is 0 Å². The molecule has 2 aliphatic carbocycles. The fourth-order valence-electron chi connectivity index (χ4n) is 2.39. The maximum atomic E-state index is 10.5. The molecule has 0 aromatic rings. The second-order valence-corrected chi connectivity index (χ2v) is 3.87. The lowest BCUT2D eigenvalue weighted by Gasteiger charge is -2.27. The van der Waals surface area contributed by atoms with E-state index in [1.165, 1.54) is 0 Å². The predicted molar refractivity (Wildman–Crippen MR) is 42.6 cm³/mol. The Bertz CT molecular complexity index is 246. The normalized spacial score (nSPS) is 43.8. The Labute approximate surface area is 70.7 Å². The summed E-state index contributed by atoms with van der Waals surface area (Å²) < 4.78 is 0. The molecule has 0 amide bonds. The van der Waals surface area contributed by atoms with Gasteiger partial charge in [0.05, 0.1) is 12.0 Å². The average Bonchev–Trinajstić information content (AvgIpc) is 2.42. The lowest BCUT2D eigenvalue weighted by atomic mass is 9.85. The van der Waals surface area contributed by atoms with Crippen molar-refractivity contribution in [1.29, 1.82) is 0 Å². The molecule has 0 unspecified atom stereocenters. The molecule has 0 aromatic heterocycles. The minimum absolute atomic E-state index is 0.0820. The van der Waals surface area contributed by atoms with Gasteiger partial charge in [-0.2, -0.15) is 0 Å². The molecule has 2 aliphatic rings. The highest BCUT2D eigenvalue weighted by Crippen LogP contribution is 2.47. The summed E-state index contributed by atoms with van der Waals surface area (Å²) in [4.78, 5) is 10.5. The third-order valence-electron chi connectivity index (χ3n) is 2.94. The maximum Gasteiger partial charge on any atom is 0.306 e. The summed E-state index contributed by atoms with van der Waals surface area (Å²) >= 11 is 0. The molecule has 0 spiro atoms. The van der Waals surface area contributed by atoms with Gasteiger partial charge in [0.15, 0.2) is 0 Å². The van der Waals surface area contributed by atoms with Crippen LogP contribution in [0.25, 0.3) is 0 Å². The van der Waals surface area contributed by atoms with E-state index in [1.54, 1.807) is 0 Å². The molecule has 2 N–H and O–H groups in total. The Hall–Kier alpha value is -0.830. The Morgan fingerprint density at radius 2 is 2.33 bits per heavy atom. The molecule has 0 aliphatic heterocycles. The van der Waals surface area contributed by atoms with Crippen LogP contribution in [0, 0.1) is 11.8 Å². The van der Waals surface area contributed by atoms with E-state index < -0.39 is 11.6 Å². The summed E-state index contributed by atoms with van der Waals surface area (Å²) in [7, 11) is 0. The van der Waals surface area contributed by atoms with E-state index in [-0.39, 0.29) is 12.3 Å². The zero-order chi connectivity index (χ0) is 8.77. The van der Waals surface area contributed by atoms with Crippen molar-refractivity contribution in [2.24, 2.45) is 11.8 Å². The van der Waals surface area contributed by atoms with Crippen LogP contribution in [0.1, 0.15) is 19.3 Å². The van der Waals surface area contributed by atoms with Crippen LogP contribution in [0.2, 0.25) is 0 Å². The fraction of sp³-hybridized carbons (Fsp3) is 0.667. The highest BCUT2D eigenvalue weighted by atomic mass is 16.4. The molecule has 12 heavy (non-hydrogen) atoms. The summed E-state index contributed by atoms with van der Waals surface area (Å²) in [5.74, 6) is -0.406. The molecule has 3 nitrogen and oxygen atoms in total. The van der Waals surface area contributed by atoms with Crippen molar-refractivity contribution in [2.75, 3.05) is 0 Å². The molecular weight excluding hydrogens is 156 g/mol. The number of hydrogen-bond donors (Lipinski definition) is 2. The first-order valence-electron chi connectivity index (χ1n) is 4.23. The van der Waals surface area contributed by atoms with Crippen molar-refractivity contribution in [2.45, 2.75) is 24.9 Å². The van der Waals surface area contributed by atoms with Crippen molar-refractivity contribution in [3.8, 4) is 0 Å². The van der Waals surface area contributed by atoms with Gasteiger partial charge in [0.1, 0.15) is 0 Å². The van der Waals surface area contributed by atoms with Crippen LogP contribution in [0.15, 0.2) is 12.2 Å². The van der Waals surface area contributed by atoms with Gasteiger partial charge < -0.3 is 10.2 Å². The SMILES string of the molecule is O=C(O)C[C@]1(O)C[C@@H]2C=C[C@H]1C2. The van der Waals surface area contributed by atoms with Gasteiger partial charge in [-0.05, 0) is 18.8 Å². The molecular formula is C9H12O3. The molecule has 66 valence electrons. The third kappa shape index (κ3) is 1.05. The van der Waals surface area contributed by atoms with E-state index >= 15 is 0 Å². The number of aliphatic hydroxyl groups is 1. The second-order valence-electron chi connectivity index (χ2n) is 3.87. The monoisotopic (exact) mass is 168 g/mol. The first-order chi connectivity index (χ1) is 5.60. The second kappa shape index (κ2) is 2.33. The number of aliphatic carboxylic acids is 1. The summed E-state index contributed by atoms with van der Waals surface area (Å²) in [6.45, 7) is 0. The molecule has 0 aromatic carbocycles. The minimum atomic E-state index is -0.953. The zero-order valence-electron chi connectivity index (χ0n) is 6.73. The third-order valence-corrected chi connectivity index (χ3v) is 2.94. The predicted octanol–water partition coefficient (Wildman–Crippen LogP) is 0.788. The number of carbonyl (C=O) groups is 1. The van der Waals surface area contributed by atoms with Crippen molar-refractivity contribution in [3.05, 3.63) is 12.2 Å². The quantitative estimate of drug-likeness (QED) is 0.599. The number of carboxylic acid groups (broad SMARTS) is 1. The van der Waals surface area contributed by atoms with Gasteiger partial charge in [0, 0.05) is 5.92 Å². The number of carboxylic acids is 1. The topological polar surface area (TPSA) is 57.5 Å². The summed E-state index contributed by atoms with van der Waals surface area (Å²) in [6, 6.07) is 0. The van der Waals surface area contributed by atoms with Gasteiger partial charge in [0.2, 0.25) is 0 Å². The molecule has 3 heteroatoms. The molecule has 0 radical (unpaired) electrons. The molecule has 2 bridgehead atoms.